The summed E-state index contributed by atoms with van der Waals surface area (Å²) in [6.45, 7) is 1.41. The summed E-state index contributed by atoms with van der Waals surface area (Å²) < 4.78 is 15.4. The van der Waals surface area contributed by atoms with Gasteiger partial charge < -0.3 is 19.5 Å². The highest BCUT2D eigenvalue weighted by Gasteiger charge is 2.04. The Labute approximate surface area is 148 Å². The molecule has 1 N–H and O–H groups in total. The van der Waals surface area contributed by atoms with Crippen LogP contribution in [0.2, 0.25) is 0 Å². The largest absolute Gasteiger partial charge is 0.497 e. The van der Waals surface area contributed by atoms with E-state index >= 15 is 0 Å². The minimum atomic E-state index is -0.347. The SMILES string of the molecule is COC(=O)c1ccc(OCCCNc2ccc(OC)cc2)cc1.Cl. The highest BCUT2D eigenvalue weighted by atomic mass is 35.5. The molecule has 0 amide bonds. The van der Waals surface area contributed by atoms with E-state index in [1.165, 1.54) is 7.11 Å². The molecule has 0 aliphatic heterocycles. The van der Waals surface area contributed by atoms with Gasteiger partial charge in [0.25, 0.3) is 0 Å². The Morgan fingerprint density at radius 2 is 1.58 bits per heavy atom. The minimum Gasteiger partial charge on any atom is -0.497 e. The van der Waals surface area contributed by atoms with Crippen molar-refractivity contribution < 1.29 is 19.0 Å². The third-order valence-corrected chi connectivity index (χ3v) is 3.28. The second-order valence-electron chi connectivity index (χ2n) is 4.87. The molecule has 0 spiro atoms. The molecule has 2 aromatic carbocycles. The molecule has 6 heteroatoms. The highest BCUT2D eigenvalue weighted by molar-refractivity contribution is 5.89. The summed E-state index contributed by atoms with van der Waals surface area (Å²) >= 11 is 0. The van der Waals surface area contributed by atoms with Gasteiger partial charge in [0.15, 0.2) is 0 Å². The molecule has 130 valence electrons. The summed E-state index contributed by atoms with van der Waals surface area (Å²) in [7, 11) is 3.01. The molecule has 0 saturated carbocycles. The molecular formula is C18H22ClNO4. The molecule has 0 bridgehead atoms. The van der Waals surface area contributed by atoms with E-state index in [4.69, 9.17) is 9.47 Å². The topological polar surface area (TPSA) is 56.8 Å². The van der Waals surface area contributed by atoms with Crippen molar-refractivity contribution >= 4 is 24.1 Å². The van der Waals surface area contributed by atoms with Crippen LogP contribution in [0.15, 0.2) is 48.5 Å². The molecule has 24 heavy (non-hydrogen) atoms. The van der Waals surface area contributed by atoms with Crippen LogP contribution in [0.4, 0.5) is 5.69 Å². The van der Waals surface area contributed by atoms with Gasteiger partial charge in [0.1, 0.15) is 11.5 Å². The first-order valence-electron chi connectivity index (χ1n) is 7.42. The van der Waals surface area contributed by atoms with Gasteiger partial charge in [-0.2, -0.15) is 0 Å². The van der Waals surface area contributed by atoms with E-state index in [0.29, 0.717) is 12.2 Å². The van der Waals surface area contributed by atoms with Crippen molar-refractivity contribution in [3.8, 4) is 11.5 Å². The lowest BCUT2D eigenvalue weighted by atomic mass is 10.2. The number of anilines is 1. The van der Waals surface area contributed by atoms with E-state index in [-0.39, 0.29) is 18.4 Å². The van der Waals surface area contributed by atoms with Crippen LogP contribution in [0.3, 0.4) is 0 Å². The Balaban J connectivity index is 0.00000288. The fourth-order valence-electron chi connectivity index (χ4n) is 2.01. The molecule has 0 radical (unpaired) electrons. The second kappa shape index (κ2) is 10.4. The number of rotatable bonds is 8. The fourth-order valence-corrected chi connectivity index (χ4v) is 2.01. The van der Waals surface area contributed by atoms with Gasteiger partial charge in [-0.3, -0.25) is 0 Å². The summed E-state index contributed by atoms with van der Waals surface area (Å²) in [6, 6.07) is 14.7. The van der Waals surface area contributed by atoms with Crippen LogP contribution in [0, 0.1) is 0 Å². The number of methoxy groups -OCH3 is 2. The normalized spacial score (nSPS) is 9.58. The van der Waals surface area contributed by atoms with E-state index < -0.39 is 0 Å². The maximum absolute atomic E-state index is 11.3. The summed E-state index contributed by atoms with van der Waals surface area (Å²) in [5.41, 5.74) is 1.56. The molecular weight excluding hydrogens is 330 g/mol. The van der Waals surface area contributed by atoms with Gasteiger partial charge in [-0.15, -0.1) is 12.4 Å². The first-order chi connectivity index (χ1) is 11.2. The fraction of sp³-hybridized carbons (Fsp3) is 0.278. The number of hydrogen-bond donors (Lipinski definition) is 1. The van der Waals surface area contributed by atoms with Crippen LogP contribution in [-0.4, -0.2) is 33.3 Å². The molecule has 0 atom stereocenters. The number of benzene rings is 2. The van der Waals surface area contributed by atoms with E-state index in [2.05, 4.69) is 10.1 Å². The number of carbonyl (C=O) groups is 1. The van der Waals surface area contributed by atoms with Crippen LogP contribution >= 0.6 is 12.4 Å². The van der Waals surface area contributed by atoms with Gasteiger partial charge in [-0.25, -0.2) is 4.79 Å². The first kappa shape index (κ1) is 19.6. The van der Waals surface area contributed by atoms with E-state index in [9.17, 15) is 4.79 Å². The monoisotopic (exact) mass is 351 g/mol. The first-order valence-corrected chi connectivity index (χ1v) is 7.42. The van der Waals surface area contributed by atoms with Gasteiger partial charge in [0, 0.05) is 12.2 Å². The van der Waals surface area contributed by atoms with Gasteiger partial charge in [-0.05, 0) is 55.0 Å². The Morgan fingerprint density at radius 1 is 0.958 bits per heavy atom. The zero-order chi connectivity index (χ0) is 16.5. The summed E-state index contributed by atoms with van der Waals surface area (Å²) in [6.07, 6.45) is 0.866. The summed E-state index contributed by atoms with van der Waals surface area (Å²) in [5, 5.41) is 3.32. The number of nitrogens with one attached hydrogen (secondary N) is 1. The van der Waals surface area contributed by atoms with Crippen molar-refractivity contribution in [1.29, 1.82) is 0 Å². The number of halogens is 1. The predicted octanol–water partition coefficient (Wildman–Crippen LogP) is 3.78. The molecule has 0 unspecified atom stereocenters. The number of hydrogen-bond acceptors (Lipinski definition) is 5. The smallest absolute Gasteiger partial charge is 0.337 e. The van der Waals surface area contributed by atoms with Crippen LogP contribution in [-0.2, 0) is 4.74 Å². The van der Waals surface area contributed by atoms with Gasteiger partial charge in [-0.1, -0.05) is 0 Å². The third kappa shape index (κ3) is 6.01. The van der Waals surface area contributed by atoms with Crippen LogP contribution < -0.4 is 14.8 Å². The van der Waals surface area contributed by atoms with Crippen molar-refractivity contribution in [2.75, 3.05) is 32.7 Å². The van der Waals surface area contributed by atoms with Crippen molar-refractivity contribution in [2.45, 2.75) is 6.42 Å². The molecule has 0 aromatic heterocycles. The van der Waals surface area contributed by atoms with Crippen LogP contribution in [0.25, 0.3) is 0 Å². The maximum Gasteiger partial charge on any atom is 0.337 e. The van der Waals surface area contributed by atoms with E-state index in [1.54, 1.807) is 31.4 Å². The highest BCUT2D eigenvalue weighted by Crippen LogP contribution is 2.15. The minimum absolute atomic E-state index is 0. The summed E-state index contributed by atoms with van der Waals surface area (Å²) in [5.74, 6) is 1.23. The van der Waals surface area contributed by atoms with Crippen molar-refractivity contribution in [1.82, 2.24) is 0 Å². The average molecular weight is 352 g/mol. The number of esters is 1. The second-order valence-corrected chi connectivity index (χ2v) is 4.87. The average Bonchev–Trinajstić information content (AvgIpc) is 2.62. The maximum atomic E-state index is 11.3. The van der Waals surface area contributed by atoms with E-state index in [1.807, 2.05) is 24.3 Å². The molecule has 0 saturated heterocycles. The van der Waals surface area contributed by atoms with Crippen molar-refractivity contribution in [3.05, 3.63) is 54.1 Å². The number of carbonyl (C=O) groups excluding carboxylic acids is 1. The lowest BCUT2D eigenvalue weighted by Crippen LogP contribution is -2.07. The van der Waals surface area contributed by atoms with Crippen LogP contribution in [0.1, 0.15) is 16.8 Å². The zero-order valence-electron chi connectivity index (χ0n) is 13.8. The lowest BCUT2D eigenvalue weighted by Gasteiger charge is -2.09. The molecule has 0 fully saturated rings. The Kier molecular flexibility index (Phi) is 8.50. The van der Waals surface area contributed by atoms with Crippen molar-refractivity contribution in [3.63, 3.8) is 0 Å². The van der Waals surface area contributed by atoms with Crippen molar-refractivity contribution in [2.24, 2.45) is 0 Å². The van der Waals surface area contributed by atoms with Gasteiger partial charge >= 0.3 is 5.97 Å². The van der Waals surface area contributed by atoms with Gasteiger partial charge in [0.2, 0.25) is 0 Å². The Hall–Kier alpha value is -2.40. The quantitative estimate of drug-likeness (QED) is 0.579. The predicted molar refractivity (Wildman–Crippen MR) is 96.6 cm³/mol. The third-order valence-electron chi connectivity index (χ3n) is 3.28. The molecule has 0 aliphatic carbocycles. The molecule has 0 heterocycles. The molecule has 5 nitrogen and oxygen atoms in total. The number of ether oxygens (including phenoxy) is 3. The van der Waals surface area contributed by atoms with Crippen LogP contribution in [0.5, 0.6) is 11.5 Å². The Morgan fingerprint density at radius 3 is 2.17 bits per heavy atom. The lowest BCUT2D eigenvalue weighted by molar-refractivity contribution is 0.0600. The molecule has 2 aromatic rings. The molecule has 0 aliphatic rings. The molecule has 2 rings (SSSR count). The standard InChI is InChI=1S/C18H21NO4.ClH/c1-21-16-10-6-15(7-11-16)19-12-3-13-23-17-8-4-14(5-9-17)18(20)22-2;/h4-11,19H,3,12-13H2,1-2H3;1H. The van der Waals surface area contributed by atoms with Gasteiger partial charge in [0.05, 0.1) is 26.4 Å². The Bertz CT molecular complexity index is 614. The van der Waals surface area contributed by atoms with E-state index in [0.717, 1.165) is 30.2 Å². The zero-order valence-corrected chi connectivity index (χ0v) is 14.6. The summed E-state index contributed by atoms with van der Waals surface area (Å²) in [4.78, 5) is 11.3.